The average molecular weight is 257 g/mol. The normalized spacial score (nSPS) is 38.1. The Kier molecular flexibility index (Phi) is 2.98. The van der Waals surface area contributed by atoms with E-state index in [1.807, 2.05) is 0 Å². The minimum Gasteiger partial charge on any atom is -0.381 e. The van der Waals surface area contributed by atoms with Gasteiger partial charge in [0.2, 0.25) is 0 Å². The summed E-state index contributed by atoms with van der Waals surface area (Å²) in [7, 11) is 0. The van der Waals surface area contributed by atoms with Crippen molar-refractivity contribution in [1.29, 1.82) is 0 Å². The third-order valence-electron chi connectivity index (χ3n) is 3.16. The van der Waals surface area contributed by atoms with E-state index in [1.165, 1.54) is 22.2 Å². The molecule has 78 valence electrons. The van der Waals surface area contributed by atoms with Crippen molar-refractivity contribution in [3.63, 3.8) is 0 Å². The van der Waals surface area contributed by atoms with E-state index < -0.39 is 0 Å². The molecule has 3 heteroatoms. The highest BCUT2D eigenvalue weighted by Gasteiger charge is 2.36. The van der Waals surface area contributed by atoms with Gasteiger partial charge >= 0.3 is 0 Å². The Labute approximate surface area is 94.0 Å². The zero-order chi connectivity index (χ0) is 10.1. The molecular weight excluding hydrogens is 240 g/mol. The van der Waals surface area contributed by atoms with Crippen molar-refractivity contribution >= 4 is 15.9 Å². The van der Waals surface area contributed by atoms with E-state index in [9.17, 15) is 0 Å². The number of fused-ring (bicyclic) bond motifs is 1. The van der Waals surface area contributed by atoms with E-state index in [2.05, 4.69) is 46.5 Å². The van der Waals surface area contributed by atoms with Gasteiger partial charge in [-0.2, -0.15) is 0 Å². The SMILES string of the molecule is C/C=C1\C(=C(/C)Br)NC2CCNCC12. The Morgan fingerprint density at radius 2 is 2.36 bits per heavy atom. The first kappa shape index (κ1) is 10.2. The molecule has 14 heavy (non-hydrogen) atoms. The maximum absolute atomic E-state index is 3.62. The van der Waals surface area contributed by atoms with Crippen LogP contribution in [0.3, 0.4) is 0 Å². The van der Waals surface area contributed by atoms with Crippen LogP contribution in [0.5, 0.6) is 0 Å². The number of rotatable bonds is 0. The molecule has 2 aliphatic rings. The minimum absolute atomic E-state index is 0.643. The molecule has 2 aliphatic heterocycles. The minimum atomic E-state index is 0.643. The van der Waals surface area contributed by atoms with Gasteiger partial charge in [-0.05, 0) is 32.4 Å². The van der Waals surface area contributed by atoms with Gasteiger partial charge < -0.3 is 10.6 Å². The second-order valence-corrected chi connectivity index (χ2v) is 5.19. The summed E-state index contributed by atoms with van der Waals surface area (Å²) in [6.07, 6.45) is 3.47. The largest absolute Gasteiger partial charge is 0.381 e. The molecule has 0 bridgehead atoms. The van der Waals surface area contributed by atoms with Gasteiger partial charge in [0.25, 0.3) is 0 Å². The Morgan fingerprint density at radius 3 is 3.00 bits per heavy atom. The smallest absolute Gasteiger partial charge is 0.0475 e. The molecule has 2 atom stereocenters. The van der Waals surface area contributed by atoms with Crippen molar-refractivity contribution < 1.29 is 0 Å². The van der Waals surface area contributed by atoms with E-state index in [-0.39, 0.29) is 0 Å². The van der Waals surface area contributed by atoms with Gasteiger partial charge in [-0.25, -0.2) is 0 Å². The fraction of sp³-hybridized carbons (Fsp3) is 0.636. The fourth-order valence-corrected chi connectivity index (χ4v) is 2.81. The number of halogens is 1. The van der Waals surface area contributed by atoms with Crippen LogP contribution in [-0.4, -0.2) is 19.1 Å². The quantitative estimate of drug-likeness (QED) is 0.694. The molecular formula is C11H17BrN2. The first-order valence-corrected chi connectivity index (χ1v) is 6.03. The number of hydrogen-bond donors (Lipinski definition) is 2. The van der Waals surface area contributed by atoms with E-state index >= 15 is 0 Å². The van der Waals surface area contributed by atoms with Gasteiger partial charge in [-0.3, -0.25) is 0 Å². The van der Waals surface area contributed by atoms with Crippen molar-refractivity contribution in [3.8, 4) is 0 Å². The first-order valence-electron chi connectivity index (χ1n) is 5.24. The van der Waals surface area contributed by atoms with Crippen LogP contribution in [0.2, 0.25) is 0 Å². The van der Waals surface area contributed by atoms with Crippen LogP contribution in [0.4, 0.5) is 0 Å². The molecule has 0 aliphatic carbocycles. The van der Waals surface area contributed by atoms with E-state index in [0.717, 1.165) is 13.1 Å². The van der Waals surface area contributed by atoms with Crippen LogP contribution >= 0.6 is 15.9 Å². The van der Waals surface area contributed by atoms with Gasteiger partial charge in [0.05, 0.1) is 0 Å². The lowest BCUT2D eigenvalue weighted by Gasteiger charge is -2.25. The summed E-state index contributed by atoms with van der Waals surface area (Å²) in [6.45, 7) is 6.49. The maximum atomic E-state index is 3.62. The van der Waals surface area contributed by atoms with Crippen molar-refractivity contribution in [3.05, 3.63) is 21.8 Å². The zero-order valence-corrected chi connectivity index (χ0v) is 10.3. The fourth-order valence-electron chi connectivity index (χ4n) is 2.47. The van der Waals surface area contributed by atoms with Crippen molar-refractivity contribution in [2.45, 2.75) is 26.3 Å². The van der Waals surface area contributed by atoms with Crippen LogP contribution in [0.15, 0.2) is 21.8 Å². The molecule has 0 amide bonds. The molecule has 2 unspecified atom stereocenters. The molecule has 2 saturated heterocycles. The van der Waals surface area contributed by atoms with Gasteiger partial charge in [-0.15, -0.1) is 0 Å². The maximum Gasteiger partial charge on any atom is 0.0475 e. The van der Waals surface area contributed by atoms with Crippen LogP contribution in [0.25, 0.3) is 0 Å². The molecule has 2 rings (SSSR count). The summed E-state index contributed by atoms with van der Waals surface area (Å²) < 4.78 is 1.22. The highest BCUT2D eigenvalue weighted by Crippen LogP contribution is 2.35. The predicted octanol–water partition coefficient (Wildman–Crippen LogP) is 2.14. The molecule has 0 aromatic heterocycles. The summed E-state index contributed by atoms with van der Waals surface area (Å²) in [5, 5.41) is 7.08. The van der Waals surface area contributed by atoms with Gasteiger partial charge in [-0.1, -0.05) is 22.0 Å². The summed E-state index contributed by atoms with van der Waals surface area (Å²) in [6, 6.07) is 0.643. The van der Waals surface area contributed by atoms with E-state index in [4.69, 9.17) is 0 Å². The molecule has 0 aromatic carbocycles. The lowest BCUT2D eigenvalue weighted by atomic mass is 9.90. The second kappa shape index (κ2) is 4.07. The lowest BCUT2D eigenvalue weighted by Crippen LogP contribution is -2.41. The zero-order valence-electron chi connectivity index (χ0n) is 8.73. The van der Waals surface area contributed by atoms with Gasteiger partial charge in [0.15, 0.2) is 0 Å². The Bertz CT molecular complexity index is 290. The number of hydrogen-bond acceptors (Lipinski definition) is 2. The van der Waals surface area contributed by atoms with Gasteiger partial charge in [0, 0.05) is 28.7 Å². The van der Waals surface area contributed by atoms with Crippen LogP contribution < -0.4 is 10.6 Å². The second-order valence-electron chi connectivity index (χ2n) is 4.00. The average Bonchev–Trinajstić information content (AvgIpc) is 2.56. The van der Waals surface area contributed by atoms with Crippen molar-refractivity contribution in [2.75, 3.05) is 13.1 Å². The Hall–Kier alpha value is -0.280. The predicted molar refractivity (Wildman–Crippen MR) is 63.3 cm³/mol. The van der Waals surface area contributed by atoms with E-state index in [0.29, 0.717) is 12.0 Å². The third-order valence-corrected chi connectivity index (χ3v) is 3.55. The third kappa shape index (κ3) is 1.63. The van der Waals surface area contributed by atoms with Crippen molar-refractivity contribution in [1.82, 2.24) is 10.6 Å². The van der Waals surface area contributed by atoms with Gasteiger partial charge in [0.1, 0.15) is 0 Å². The lowest BCUT2D eigenvalue weighted by molar-refractivity contribution is 0.369. The summed E-state index contributed by atoms with van der Waals surface area (Å²) >= 11 is 3.57. The number of allylic oxidation sites excluding steroid dienone is 3. The topological polar surface area (TPSA) is 24.1 Å². The summed E-state index contributed by atoms with van der Waals surface area (Å²) in [4.78, 5) is 0. The first-order chi connectivity index (χ1) is 6.74. The Morgan fingerprint density at radius 1 is 1.57 bits per heavy atom. The van der Waals surface area contributed by atoms with Crippen LogP contribution in [-0.2, 0) is 0 Å². The summed E-state index contributed by atoms with van der Waals surface area (Å²) in [5.41, 5.74) is 2.78. The molecule has 2 N–H and O–H groups in total. The van der Waals surface area contributed by atoms with Crippen LogP contribution in [0, 0.1) is 5.92 Å². The standard InChI is InChI=1S/C11H17BrN2/c1-3-8-9-6-13-5-4-10(9)14-11(8)7(2)12/h3,9-10,13-14H,4-6H2,1-2H3/b8-3-,11-7-. The monoisotopic (exact) mass is 256 g/mol. The Balaban J connectivity index is 2.30. The molecule has 0 radical (unpaired) electrons. The molecule has 2 fully saturated rings. The van der Waals surface area contributed by atoms with E-state index in [1.54, 1.807) is 0 Å². The molecule has 2 heterocycles. The highest BCUT2D eigenvalue weighted by atomic mass is 79.9. The highest BCUT2D eigenvalue weighted by molar-refractivity contribution is 9.11. The molecule has 0 spiro atoms. The molecule has 2 nitrogen and oxygen atoms in total. The molecule has 0 saturated carbocycles. The van der Waals surface area contributed by atoms with Crippen LogP contribution in [0.1, 0.15) is 20.3 Å². The van der Waals surface area contributed by atoms with Crippen molar-refractivity contribution in [2.24, 2.45) is 5.92 Å². The molecule has 0 aromatic rings. The number of piperidine rings is 1. The summed E-state index contributed by atoms with van der Waals surface area (Å²) in [5.74, 6) is 0.663. The number of nitrogens with one attached hydrogen (secondary N) is 2.